The molecule has 15 aromatic rings. The van der Waals surface area contributed by atoms with Crippen molar-refractivity contribution in [1.82, 2.24) is 0 Å². The molecule has 17 nitrogen and oxygen atoms in total. The molecule has 145 heavy (non-hydrogen) atoms. The summed E-state index contributed by atoms with van der Waals surface area (Å²) in [6.45, 7) is 3.04. The molecule has 0 heterocycles. The van der Waals surface area contributed by atoms with E-state index in [9.17, 15) is 96.5 Å². The molecule has 0 spiro atoms. The number of alkyl halides is 6. The summed E-state index contributed by atoms with van der Waals surface area (Å²) < 4.78 is 462. The molecule has 0 fully saturated rings. The summed E-state index contributed by atoms with van der Waals surface area (Å²) in [4.78, 5) is -1.75. The lowest BCUT2D eigenvalue weighted by Gasteiger charge is -2.33. The van der Waals surface area contributed by atoms with E-state index in [4.69, 9.17) is 42.1 Å². The molecule has 0 bridgehead atoms. The molecule has 2 atom stereocenters. The van der Waals surface area contributed by atoms with Crippen LogP contribution >= 0.6 is 0 Å². The van der Waals surface area contributed by atoms with E-state index in [-0.39, 0.29) is 73.8 Å². The van der Waals surface area contributed by atoms with Gasteiger partial charge in [0, 0.05) is 16.7 Å². The smallest absolute Gasteiger partial charge is 0.402 e. The monoisotopic (exact) mass is 2090 g/mol. The van der Waals surface area contributed by atoms with Crippen LogP contribution in [0.25, 0.3) is 44.5 Å². The summed E-state index contributed by atoms with van der Waals surface area (Å²) in [5.74, 6) is -42.0. The molecule has 42 heteroatoms. The van der Waals surface area contributed by atoms with Crippen LogP contribution in [-0.2, 0) is 50.8 Å². The Labute approximate surface area is 809 Å². The van der Waals surface area contributed by atoms with Crippen LogP contribution < -0.4 is 37.9 Å². The summed E-state index contributed by atoms with van der Waals surface area (Å²) >= 11 is 0. The Morgan fingerprint density at radius 2 is 0.566 bits per heavy atom. The van der Waals surface area contributed by atoms with E-state index in [0.717, 1.165) is 129 Å². The number of halogens is 22. The fraction of sp³-hybridized carbons (Fsp3) is 0.117. The predicted molar refractivity (Wildman–Crippen MR) is 480 cm³/mol. The normalized spacial score (nSPS) is 12.7. The van der Waals surface area contributed by atoms with Gasteiger partial charge in [0.15, 0.2) is 69.8 Å². The summed E-state index contributed by atoms with van der Waals surface area (Å²) in [5, 5.41) is 10.1. The van der Waals surface area contributed by atoms with E-state index in [1.165, 1.54) is 117 Å². The molecular formula is C103H65F22NO16S3. The zero-order chi connectivity index (χ0) is 106. The minimum atomic E-state index is -5.05. The first-order valence-electron chi connectivity index (χ1n) is 41.6. The number of methoxy groups -OCH3 is 2. The van der Waals surface area contributed by atoms with Gasteiger partial charge in [-0.25, -0.2) is 61.1 Å². The average molecular weight is 2090 g/mol. The van der Waals surface area contributed by atoms with Crippen LogP contribution in [0.3, 0.4) is 0 Å². The SMILES string of the molecule is COc1ccc(-c2ccc(Oc3ccc(S(=O)(=O)c4ccc(Oc5ccc(-c6ccc(Oc7c(F)c(F)c(-c8c(F)c(F)c(C)c(F)c8F)c(F)c7F)cc6)cc5)c(CS(=O)(=O)O)c4)cc3S(=O)(=O)OC)cc2)cc1.COc1ccc(C(C)(c2ccc(Oc3cccc(Oc4ccc(C(C)(c5ccc(Oc6c(F)c(F)c(-c7c(F)c(F)c(C)c(F)c7F)c(F)c6F)cc5)C(F)(F)F)cc4)c3C#N)cc2)C(F)(F)F)cc1. The van der Waals surface area contributed by atoms with E-state index < -0.39 is 229 Å². The molecule has 15 aromatic carbocycles. The maximum atomic E-state index is 15.2. The first kappa shape index (κ1) is 105. The van der Waals surface area contributed by atoms with Crippen LogP contribution in [0.15, 0.2) is 263 Å². The maximum absolute atomic E-state index is 15.2. The Morgan fingerprint density at radius 3 is 0.848 bits per heavy atom. The molecule has 0 saturated heterocycles. The molecule has 1 N–H and O–H groups in total. The number of hydrogen-bond acceptors (Lipinski definition) is 16. The van der Waals surface area contributed by atoms with Gasteiger partial charge in [0.2, 0.25) is 44.6 Å². The number of nitrogens with zero attached hydrogens (tertiary/aromatic N) is 1. The molecular weight excluding hydrogens is 2020 g/mol. The maximum Gasteiger partial charge on any atom is 0.402 e. The van der Waals surface area contributed by atoms with Gasteiger partial charge in [0.25, 0.3) is 20.2 Å². The molecule has 0 aliphatic heterocycles. The Bertz CT molecular complexity index is 7860. The second-order valence-electron chi connectivity index (χ2n) is 31.9. The standard InChI is InChI=1S/C52H34F8O12S3.C51H31F14NO4/c1-27-44(53)46(55)42(47(56)45(27)54)43-48(57)50(59)52(51(60)49(43)58)72-36-18-10-31(11-19-36)30-6-14-34(15-7-30)70-39-22-20-37(24-32(39)26-73(61,62)63)74(64,65)38-21-23-40(41(25-38)75(66,67)69-3)71-35-16-8-29(9-17-35)28-4-12-33(68-2)13-5-28;1-25-39(52)41(54)37(42(55)40(25)53)38-43(56)45(58)47(46(59)44(38)57)70-33-22-14-29(15-23-33)49(3,51(63,64)65)28-12-20-32(21-13-28)69-36-7-5-6-35(34(36)24-66)68-31-18-10-27(11-19-31)48(2,50(60,61)62)26-8-16-30(67-4)17-9-26/h4-25H,26H2,1-3H3,(H,61,62,63);5-23H,1-4H3. The van der Waals surface area contributed by atoms with Crippen molar-refractivity contribution < 1.29 is 168 Å². The third-order valence-corrected chi connectivity index (χ3v) is 26.9. The molecule has 0 amide bonds. The van der Waals surface area contributed by atoms with Crippen molar-refractivity contribution in [1.29, 1.82) is 5.26 Å². The van der Waals surface area contributed by atoms with Crippen LogP contribution in [0.5, 0.6) is 80.5 Å². The van der Waals surface area contributed by atoms with Crippen LogP contribution in [0, 0.1) is 118 Å². The highest BCUT2D eigenvalue weighted by Gasteiger charge is 2.55. The fourth-order valence-electron chi connectivity index (χ4n) is 15.0. The van der Waals surface area contributed by atoms with Gasteiger partial charge in [-0.15, -0.1) is 0 Å². The van der Waals surface area contributed by atoms with E-state index in [1.54, 1.807) is 36.4 Å². The summed E-state index contributed by atoms with van der Waals surface area (Å²) in [6, 6.07) is 54.6. The summed E-state index contributed by atoms with van der Waals surface area (Å²) in [5.41, 5.74) is -15.0. The van der Waals surface area contributed by atoms with E-state index in [0.29, 0.717) is 36.5 Å². The zero-order valence-corrected chi connectivity index (χ0v) is 77.4. The highest BCUT2D eigenvalue weighted by atomic mass is 32.2. The number of rotatable bonds is 28. The van der Waals surface area contributed by atoms with E-state index in [2.05, 4.69) is 0 Å². The van der Waals surface area contributed by atoms with Crippen molar-refractivity contribution in [2.45, 2.75) is 71.3 Å². The van der Waals surface area contributed by atoms with Gasteiger partial charge in [-0.05, 0) is 218 Å². The number of hydrogen-bond donors (Lipinski definition) is 1. The number of ether oxygens (including phenoxy) is 8. The Balaban J connectivity index is 0.000000230. The van der Waals surface area contributed by atoms with Gasteiger partial charge < -0.3 is 37.9 Å². The van der Waals surface area contributed by atoms with Crippen molar-refractivity contribution >= 4 is 30.1 Å². The summed E-state index contributed by atoms with van der Waals surface area (Å²) in [6.07, 6.45) is -9.77. The zero-order valence-electron chi connectivity index (χ0n) is 74.9. The fourth-order valence-corrected chi connectivity index (χ4v) is 17.8. The van der Waals surface area contributed by atoms with Crippen molar-refractivity contribution in [3.63, 3.8) is 0 Å². The second-order valence-corrected chi connectivity index (χ2v) is 36.9. The molecule has 0 aliphatic rings. The van der Waals surface area contributed by atoms with Gasteiger partial charge in [-0.2, -0.15) is 66.0 Å². The van der Waals surface area contributed by atoms with Gasteiger partial charge in [0.1, 0.15) is 102 Å². The van der Waals surface area contributed by atoms with E-state index in [1.807, 2.05) is 18.2 Å². The van der Waals surface area contributed by atoms with Crippen LogP contribution in [0.4, 0.5) is 96.6 Å². The van der Waals surface area contributed by atoms with Crippen molar-refractivity contribution in [3.8, 4) is 131 Å². The lowest BCUT2D eigenvalue weighted by Crippen LogP contribution is -2.40. The van der Waals surface area contributed by atoms with Gasteiger partial charge in [-0.1, -0.05) is 103 Å². The first-order chi connectivity index (χ1) is 68.3. The Morgan fingerprint density at radius 1 is 0.310 bits per heavy atom. The first-order valence-corrected chi connectivity index (χ1v) is 46.1. The lowest BCUT2D eigenvalue weighted by molar-refractivity contribution is -0.173. The van der Waals surface area contributed by atoms with E-state index >= 15 is 35.1 Å². The highest BCUT2D eigenvalue weighted by Crippen LogP contribution is 2.52. The molecule has 15 rings (SSSR count). The van der Waals surface area contributed by atoms with Crippen molar-refractivity contribution in [2.24, 2.45) is 0 Å². The molecule has 0 saturated carbocycles. The molecule has 0 aromatic heterocycles. The number of sulfone groups is 1. The van der Waals surface area contributed by atoms with Gasteiger partial charge >= 0.3 is 12.4 Å². The molecule has 0 aliphatic carbocycles. The summed E-state index contributed by atoms with van der Waals surface area (Å²) in [7, 11) is -10.3. The minimum Gasteiger partial charge on any atom is -0.497 e. The third-order valence-electron chi connectivity index (χ3n) is 23.2. The topological polar surface area (TPSA) is 230 Å². The Kier molecular flexibility index (Phi) is 29.8. The largest absolute Gasteiger partial charge is 0.497 e. The van der Waals surface area contributed by atoms with Crippen molar-refractivity contribution in [3.05, 3.63) is 386 Å². The van der Waals surface area contributed by atoms with Gasteiger partial charge in [0.05, 0.1) is 53.4 Å². The molecule has 0 radical (unpaired) electrons. The van der Waals surface area contributed by atoms with Gasteiger partial charge in [-0.3, -0.25) is 8.74 Å². The van der Waals surface area contributed by atoms with Crippen LogP contribution in [0.1, 0.15) is 58.4 Å². The highest BCUT2D eigenvalue weighted by molar-refractivity contribution is 7.91. The second kappa shape index (κ2) is 41.0. The Hall–Kier alpha value is -15.6. The quantitative estimate of drug-likeness (QED) is 0.0208. The predicted octanol–water partition coefficient (Wildman–Crippen LogP) is 28.8. The minimum absolute atomic E-state index is 0.0509. The number of nitriles is 1. The number of benzene rings is 15. The molecule has 750 valence electrons. The molecule has 2 unspecified atom stereocenters. The lowest BCUT2D eigenvalue weighted by atomic mass is 9.75. The van der Waals surface area contributed by atoms with Crippen molar-refractivity contribution in [2.75, 3.05) is 21.3 Å². The third kappa shape index (κ3) is 20.8. The van der Waals surface area contributed by atoms with Crippen LogP contribution in [-0.4, -0.2) is 63.5 Å². The van der Waals surface area contributed by atoms with Crippen LogP contribution in [0.2, 0.25) is 0 Å². The average Bonchev–Trinajstić information content (AvgIpc) is 0.738.